The summed E-state index contributed by atoms with van der Waals surface area (Å²) in [6, 6.07) is 4.74. The fourth-order valence-corrected chi connectivity index (χ4v) is 1.21. The van der Waals surface area contributed by atoms with Crippen molar-refractivity contribution in [2.75, 3.05) is 6.54 Å². The minimum absolute atomic E-state index is 0.101. The second kappa shape index (κ2) is 5.51. The Morgan fingerprint density at radius 2 is 2.19 bits per heavy atom. The smallest absolute Gasteiger partial charge is 0.251 e. The summed E-state index contributed by atoms with van der Waals surface area (Å²) in [6.07, 6.45) is 0.0717. The lowest BCUT2D eigenvalue weighted by atomic mass is 10.1. The van der Waals surface area contributed by atoms with Crippen LogP contribution in [0.25, 0.3) is 0 Å². The van der Waals surface area contributed by atoms with Crippen molar-refractivity contribution in [3.05, 3.63) is 29.3 Å². The third-order valence-electron chi connectivity index (χ3n) is 2.44. The topological polar surface area (TPSA) is 69.6 Å². The molecule has 0 spiro atoms. The maximum absolute atomic E-state index is 11.6. The molecule has 1 atom stereocenters. The van der Waals surface area contributed by atoms with Crippen LogP contribution in [0.15, 0.2) is 18.2 Å². The summed E-state index contributed by atoms with van der Waals surface area (Å²) >= 11 is 0. The average Bonchev–Trinajstić information content (AvgIpc) is 2.29. The first kappa shape index (κ1) is 12.5. The lowest BCUT2D eigenvalue weighted by molar-refractivity contribution is 0.0913. The van der Waals surface area contributed by atoms with E-state index >= 15 is 0 Å². The van der Waals surface area contributed by atoms with Gasteiger partial charge in [0.25, 0.3) is 5.91 Å². The third kappa shape index (κ3) is 3.24. The summed E-state index contributed by atoms with van der Waals surface area (Å²) < 4.78 is 0. The maximum atomic E-state index is 11.6. The van der Waals surface area contributed by atoms with Crippen LogP contribution >= 0.6 is 0 Å². The number of hydrogen-bond acceptors (Lipinski definition) is 3. The molecular weight excluding hydrogens is 206 g/mol. The van der Waals surface area contributed by atoms with Crippen molar-refractivity contribution in [2.24, 2.45) is 0 Å². The number of amides is 1. The number of hydrogen-bond donors (Lipinski definition) is 3. The lowest BCUT2D eigenvalue weighted by Crippen LogP contribution is -2.31. The van der Waals surface area contributed by atoms with Gasteiger partial charge in [0, 0.05) is 12.1 Å². The number of phenols is 1. The van der Waals surface area contributed by atoms with E-state index in [1.807, 2.05) is 6.92 Å². The molecule has 0 saturated carbocycles. The van der Waals surface area contributed by atoms with Gasteiger partial charge in [-0.05, 0) is 31.0 Å². The highest BCUT2D eigenvalue weighted by Crippen LogP contribution is 2.17. The molecule has 1 aromatic carbocycles. The molecule has 0 saturated heterocycles. The molecule has 3 N–H and O–H groups in total. The minimum atomic E-state index is -0.525. The summed E-state index contributed by atoms with van der Waals surface area (Å²) in [6.45, 7) is 3.83. The molecule has 4 heteroatoms. The number of aryl methyl sites for hydroxylation is 1. The van der Waals surface area contributed by atoms with Gasteiger partial charge in [-0.15, -0.1) is 0 Å². The highest BCUT2D eigenvalue weighted by Gasteiger charge is 2.09. The normalized spacial score (nSPS) is 12.2. The SMILES string of the molecule is CCC(O)CNC(=O)c1ccc(C)c(O)c1. The number of benzene rings is 1. The van der Waals surface area contributed by atoms with Crippen LogP contribution in [0.2, 0.25) is 0 Å². The molecule has 0 aliphatic carbocycles. The zero-order valence-corrected chi connectivity index (χ0v) is 9.53. The largest absolute Gasteiger partial charge is 0.508 e. The fourth-order valence-electron chi connectivity index (χ4n) is 1.21. The van der Waals surface area contributed by atoms with Gasteiger partial charge in [-0.3, -0.25) is 4.79 Å². The third-order valence-corrected chi connectivity index (χ3v) is 2.44. The molecule has 1 unspecified atom stereocenters. The first-order valence-corrected chi connectivity index (χ1v) is 5.30. The van der Waals surface area contributed by atoms with Gasteiger partial charge in [0.05, 0.1) is 6.10 Å². The molecule has 4 nitrogen and oxygen atoms in total. The van der Waals surface area contributed by atoms with Crippen molar-refractivity contribution in [3.8, 4) is 5.75 Å². The monoisotopic (exact) mass is 223 g/mol. The molecule has 0 aromatic heterocycles. The zero-order chi connectivity index (χ0) is 12.1. The van der Waals surface area contributed by atoms with E-state index in [0.29, 0.717) is 12.0 Å². The van der Waals surface area contributed by atoms with E-state index in [9.17, 15) is 15.0 Å². The summed E-state index contributed by atoms with van der Waals surface area (Å²) in [5, 5.41) is 21.3. The van der Waals surface area contributed by atoms with Crippen LogP contribution in [0.4, 0.5) is 0 Å². The molecule has 1 amide bonds. The van der Waals surface area contributed by atoms with Crippen LogP contribution in [0.3, 0.4) is 0 Å². The molecule has 0 aliphatic rings. The van der Waals surface area contributed by atoms with Gasteiger partial charge in [-0.1, -0.05) is 13.0 Å². The van der Waals surface area contributed by atoms with E-state index in [2.05, 4.69) is 5.32 Å². The predicted molar refractivity (Wildman–Crippen MR) is 61.5 cm³/mol. The van der Waals surface area contributed by atoms with Gasteiger partial charge < -0.3 is 15.5 Å². The highest BCUT2D eigenvalue weighted by atomic mass is 16.3. The number of nitrogens with one attached hydrogen (secondary N) is 1. The van der Waals surface area contributed by atoms with E-state index in [1.165, 1.54) is 6.07 Å². The minimum Gasteiger partial charge on any atom is -0.508 e. The maximum Gasteiger partial charge on any atom is 0.251 e. The Hall–Kier alpha value is -1.55. The van der Waals surface area contributed by atoms with Gasteiger partial charge in [-0.2, -0.15) is 0 Å². The Kier molecular flexibility index (Phi) is 4.31. The molecule has 88 valence electrons. The van der Waals surface area contributed by atoms with E-state index in [4.69, 9.17) is 0 Å². The first-order valence-electron chi connectivity index (χ1n) is 5.30. The van der Waals surface area contributed by atoms with E-state index in [0.717, 1.165) is 5.56 Å². The zero-order valence-electron chi connectivity index (χ0n) is 9.53. The van der Waals surface area contributed by atoms with Crippen LogP contribution < -0.4 is 5.32 Å². The van der Waals surface area contributed by atoms with Crippen molar-refractivity contribution in [1.82, 2.24) is 5.32 Å². The number of aliphatic hydroxyl groups is 1. The van der Waals surface area contributed by atoms with Crippen molar-refractivity contribution in [2.45, 2.75) is 26.4 Å². The van der Waals surface area contributed by atoms with Gasteiger partial charge in [0.15, 0.2) is 0 Å². The van der Waals surface area contributed by atoms with Gasteiger partial charge in [0.2, 0.25) is 0 Å². The second-order valence-electron chi connectivity index (χ2n) is 3.77. The van der Waals surface area contributed by atoms with E-state index in [-0.39, 0.29) is 18.2 Å². The quantitative estimate of drug-likeness (QED) is 0.718. The number of aromatic hydroxyl groups is 1. The van der Waals surface area contributed by atoms with E-state index < -0.39 is 6.10 Å². The molecule has 0 bridgehead atoms. The summed E-state index contributed by atoms with van der Waals surface area (Å²) in [5.41, 5.74) is 1.12. The summed E-state index contributed by atoms with van der Waals surface area (Å²) in [7, 11) is 0. The lowest BCUT2D eigenvalue weighted by Gasteiger charge is -2.10. The first-order chi connectivity index (χ1) is 7.54. The Balaban J connectivity index is 2.63. The van der Waals surface area contributed by atoms with Crippen LogP contribution in [-0.2, 0) is 0 Å². The Morgan fingerprint density at radius 1 is 1.50 bits per heavy atom. The predicted octanol–water partition coefficient (Wildman–Crippen LogP) is 1.20. The molecule has 1 rings (SSSR count). The number of carbonyl (C=O) groups is 1. The Bertz CT molecular complexity index is 377. The molecule has 0 radical (unpaired) electrons. The molecule has 0 fully saturated rings. The van der Waals surface area contributed by atoms with Crippen LogP contribution in [-0.4, -0.2) is 28.8 Å². The summed E-state index contributed by atoms with van der Waals surface area (Å²) in [5.74, 6) is -0.188. The standard InChI is InChI=1S/C12H17NO3/c1-3-10(14)7-13-12(16)9-5-4-8(2)11(15)6-9/h4-6,10,14-15H,3,7H2,1-2H3,(H,13,16). The highest BCUT2D eigenvalue weighted by molar-refractivity contribution is 5.94. The van der Waals surface area contributed by atoms with Gasteiger partial charge in [-0.25, -0.2) is 0 Å². The Labute approximate surface area is 94.9 Å². The van der Waals surface area contributed by atoms with Crippen LogP contribution in [0.1, 0.15) is 29.3 Å². The number of aliphatic hydroxyl groups excluding tert-OH is 1. The van der Waals surface area contributed by atoms with Gasteiger partial charge >= 0.3 is 0 Å². The number of rotatable bonds is 4. The fraction of sp³-hybridized carbons (Fsp3) is 0.417. The van der Waals surface area contributed by atoms with Crippen LogP contribution in [0.5, 0.6) is 5.75 Å². The number of carbonyl (C=O) groups excluding carboxylic acids is 1. The molecule has 0 heterocycles. The van der Waals surface area contributed by atoms with E-state index in [1.54, 1.807) is 19.1 Å². The van der Waals surface area contributed by atoms with Crippen LogP contribution in [0, 0.1) is 6.92 Å². The summed E-state index contributed by atoms with van der Waals surface area (Å²) in [4.78, 5) is 11.6. The second-order valence-corrected chi connectivity index (χ2v) is 3.77. The average molecular weight is 223 g/mol. The van der Waals surface area contributed by atoms with Crippen molar-refractivity contribution < 1.29 is 15.0 Å². The van der Waals surface area contributed by atoms with Crippen molar-refractivity contribution in [3.63, 3.8) is 0 Å². The molecule has 16 heavy (non-hydrogen) atoms. The van der Waals surface area contributed by atoms with Crippen molar-refractivity contribution >= 4 is 5.91 Å². The van der Waals surface area contributed by atoms with Crippen molar-refractivity contribution in [1.29, 1.82) is 0 Å². The Morgan fingerprint density at radius 3 is 2.75 bits per heavy atom. The molecular formula is C12H17NO3. The number of phenolic OH excluding ortho intramolecular Hbond substituents is 1. The molecule has 0 aliphatic heterocycles. The molecule has 1 aromatic rings. The van der Waals surface area contributed by atoms with Gasteiger partial charge in [0.1, 0.15) is 5.75 Å².